The minimum Gasteiger partial charge on any atom is -0.478 e. The van der Waals surface area contributed by atoms with E-state index in [1.807, 2.05) is 6.92 Å². The van der Waals surface area contributed by atoms with Crippen LogP contribution in [-0.2, 0) is 4.74 Å². The van der Waals surface area contributed by atoms with Crippen LogP contribution in [0, 0.1) is 0 Å². The van der Waals surface area contributed by atoms with Crippen molar-refractivity contribution < 1.29 is 19.4 Å². The monoisotopic (exact) mass is 259 g/mol. The van der Waals surface area contributed by atoms with E-state index in [0.29, 0.717) is 13.2 Å². The molecule has 6 heteroatoms. The van der Waals surface area contributed by atoms with Crippen LogP contribution in [-0.4, -0.2) is 35.9 Å². The zero-order chi connectivity index (χ0) is 12.7. The van der Waals surface area contributed by atoms with Crippen molar-refractivity contribution in [1.29, 1.82) is 0 Å². The van der Waals surface area contributed by atoms with Gasteiger partial charge in [0.15, 0.2) is 0 Å². The fourth-order valence-electron chi connectivity index (χ4n) is 1.13. The van der Waals surface area contributed by atoms with Crippen molar-refractivity contribution in [1.82, 2.24) is 4.98 Å². The molecular weight excluding hydrogens is 246 g/mol. The van der Waals surface area contributed by atoms with Gasteiger partial charge in [0.25, 0.3) is 0 Å². The predicted molar refractivity (Wildman–Crippen MR) is 62.8 cm³/mol. The topological polar surface area (TPSA) is 68.7 Å². The van der Waals surface area contributed by atoms with Gasteiger partial charge in [0.05, 0.1) is 12.2 Å². The predicted octanol–water partition coefficient (Wildman–Crippen LogP) is 2.24. The van der Waals surface area contributed by atoms with Gasteiger partial charge in [-0.2, -0.15) is 0 Å². The number of halogens is 1. The second-order valence-electron chi connectivity index (χ2n) is 3.24. The summed E-state index contributed by atoms with van der Waals surface area (Å²) in [5.74, 6) is -0.990. The lowest BCUT2D eigenvalue weighted by Crippen LogP contribution is -2.09. The molecule has 0 radical (unpaired) electrons. The standard InChI is InChI=1S/C11H14ClNO4/c1-2-5-16-6-7-17-10-9(12)8(11(14)15)3-4-13-10/h3-4H,2,5-7H2,1H3,(H,14,15). The van der Waals surface area contributed by atoms with E-state index >= 15 is 0 Å². The summed E-state index contributed by atoms with van der Waals surface area (Å²) >= 11 is 5.83. The van der Waals surface area contributed by atoms with E-state index in [2.05, 4.69) is 4.98 Å². The van der Waals surface area contributed by atoms with E-state index in [0.717, 1.165) is 6.42 Å². The van der Waals surface area contributed by atoms with Gasteiger partial charge in [-0.25, -0.2) is 9.78 Å². The first-order valence-electron chi connectivity index (χ1n) is 5.25. The maximum atomic E-state index is 10.8. The van der Waals surface area contributed by atoms with E-state index in [-0.39, 0.29) is 23.1 Å². The average Bonchev–Trinajstić information content (AvgIpc) is 2.30. The first-order chi connectivity index (χ1) is 8.16. The summed E-state index contributed by atoms with van der Waals surface area (Å²) in [6.45, 7) is 3.38. The molecule has 0 bridgehead atoms. The molecule has 1 aromatic rings. The molecule has 1 N–H and O–H groups in total. The number of ether oxygens (including phenoxy) is 2. The Bertz CT molecular complexity index is 384. The van der Waals surface area contributed by atoms with Crippen LogP contribution in [0.25, 0.3) is 0 Å². The van der Waals surface area contributed by atoms with Crippen LogP contribution in [0.15, 0.2) is 12.3 Å². The van der Waals surface area contributed by atoms with Crippen molar-refractivity contribution in [3.05, 3.63) is 22.8 Å². The zero-order valence-electron chi connectivity index (χ0n) is 9.48. The maximum Gasteiger partial charge on any atom is 0.337 e. The highest BCUT2D eigenvalue weighted by atomic mass is 35.5. The van der Waals surface area contributed by atoms with E-state index in [1.165, 1.54) is 12.3 Å². The number of carbonyl (C=O) groups is 1. The van der Waals surface area contributed by atoms with Crippen molar-refractivity contribution in [2.75, 3.05) is 19.8 Å². The van der Waals surface area contributed by atoms with Crippen molar-refractivity contribution >= 4 is 17.6 Å². The molecule has 17 heavy (non-hydrogen) atoms. The van der Waals surface area contributed by atoms with Gasteiger partial charge in [-0.1, -0.05) is 18.5 Å². The summed E-state index contributed by atoms with van der Waals surface area (Å²) in [5, 5.41) is 8.85. The quantitative estimate of drug-likeness (QED) is 0.761. The Morgan fingerprint density at radius 3 is 2.88 bits per heavy atom. The van der Waals surface area contributed by atoms with E-state index in [4.69, 9.17) is 26.2 Å². The average molecular weight is 260 g/mol. The van der Waals surface area contributed by atoms with Crippen LogP contribution < -0.4 is 4.74 Å². The third-order valence-corrected chi connectivity index (χ3v) is 2.27. The summed E-state index contributed by atoms with van der Waals surface area (Å²) in [5.41, 5.74) is -0.0221. The molecule has 0 saturated heterocycles. The van der Waals surface area contributed by atoms with Crippen LogP contribution in [0.3, 0.4) is 0 Å². The van der Waals surface area contributed by atoms with Crippen LogP contribution in [0.2, 0.25) is 5.02 Å². The maximum absolute atomic E-state index is 10.8. The van der Waals surface area contributed by atoms with Crippen molar-refractivity contribution in [2.24, 2.45) is 0 Å². The normalized spacial score (nSPS) is 10.2. The number of pyridine rings is 1. The van der Waals surface area contributed by atoms with Crippen LogP contribution in [0.4, 0.5) is 0 Å². The molecule has 1 rings (SSSR count). The molecule has 0 fully saturated rings. The number of aromatic carboxylic acids is 1. The molecule has 0 amide bonds. The third kappa shape index (κ3) is 4.20. The highest BCUT2D eigenvalue weighted by Crippen LogP contribution is 2.25. The molecule has 0 aliphatic rings. The van der Waals surface area contributed by atoms with Crippen LogP contribution >= 0.6 is 11.6 Å². The second-order valence-corrected chi connectivity index (χ2v) is 3.62. The van der Waals surface area contributed by atoms with Gasteiger partial charge < -0.3 is 14.6 Å². The minimum atomic E-state index is -1.11. The molecule has 5 nitrogen and oxygen atoms in total. The molecule has 0 unspecified atom stereocenters. The largest absolute Gasteiger partial charge is 0.478 e. The zero-order valence-corrected chi connectivity index (χ0v) is 10.2. The Kier molecular flexibility index (Phi) is 5.72. The Morgan fingerprint density at radius 2 is 2.24 bits per heavy atom. The van der Waals surface area contributed by atoms with Crippen molar-refractivity contribution in [2.45, 2.75) is 13.3 Å². The van der Waals surface area contributed by atoms with Gasteiger partial charge in [0.1, 0.15) is 11.6 Å². The molecule has 1 aromatic heterocycles. The lowest BCUT2D eigenvalue weighted by molar-refractivity contribution is 0.0695. The number of hydrogen-bond acceptors (Lipinski definition) is 4. The fourth-order valence-corrected chi connectivity index (χ4v) is 1.38. The molecule has 0 spiro atoms. The van der Waals surface area contributed by atoms with Crippen LogP contribution in [0.1, 0.15) is 23.7 Å². The highest BCUT2D eigenvalue weighted by molar-refractivity contribution is 6.34. The summed E-state index contributed by atoms with van der Waals surface area (Å²) in [4.78, 5) is 14.7. The first-order valence-corrected chi connectivity index (χ1v) is 5.63. The number of rotatable bonds is 7. The third-order valence-electron chi connectivity index (χ3n) is 1.90. The lowest BCUT2D eigenvalue weighted by atomic mass is 10.3. The van der Waals surface area contributed by atoms with Crippen molar-refractivity contribution in [3.8, 4) is 5.88 Å². The first kappa shape index (κ1) is 13.7. The minimum absolute atomic E-state index is 0.00971. The fraction of sp³-hybridized carbons (Fsp3) is 0.455. The molecule has 1 heterocycles. The summed E-state index contributed by atoms with van der Waals surface area (Å²) in [7, 11) is 0. The number of carboxylic acid groups (broad SMARTS) is 1. The molecular formula is C11H14ClNO4. The molecule has 0 aromatic carbocycles. The van der Waals surface area contributed by atoms with E-state index < -0.39 is 5.97 Å². The number of carboxylic acids is 1. The Hall–Kier alpha value is -1.33. The summed E-state index contributed by atoms with van der Waals surface area (Å²) in [6.07, 6.45) is 2.28. The van der Waals surface area contributed by atoms with Gasteiger partial charge in [0, 0.05) is 12.8 Å². The van der Waals surface area contributed by atoms with Gasteiger partial charge in [-0.15, -0.1) is 0 Å². The Morgan fingerprint density at radius 1 is 1.47 bits per heavy atom. The SMILES string of the molecule is CCCOCCOc1nccc(C(=O)O)c1Cl. The second kappa shape index (κ2) is 7.09. The van der Waals surface area contributed by atoms with Gasteiger partial charge >= 0.3 is 5.97 Å². The van der Waals surface area contributed by atoms with Gasteiger partial charge in [-0.05, 0) is 12.5 Å². The Balaban J connectivity index is 2.54. The molecule has 0 aliphatic heterocycles. The van der Waals surface area contributed by atoms with Gasteiger partial charge in [-0.3, -0.25) is 0 Å². The number of hydrogen-bond donors (Lipinski definition) is 1. The van der Waals surface area contributed by atoms with E-state index in [9.17, 15) is 4.79 Å². The molecule has 0 saturated carbocycles. The molecule has 0 atom stereocenters. The van der Waals surface area contributed by atoms with Crippen LogP contribution in [0.5, 0.6) is 5.88 Å². The van der Waals surface area contributed by atoms with E-state index in [1.54, 1.807) is 0 Å². The number of aromatic nitrogens is 1. The van der Waals surface area contributed by atoms with Gasteiger partial charge in [0.2, 0.25) is 5.88 Å². The smallest absolute Gasteiger partial charge is 0.337 e. The van der Waals surface area contributed by atoms with Crippen molar-refractivity contribution in [3.63, 3.8) is 0 Å². The lowest BCUT2D eigenvalue weighted by Gasteiger charge is -2.08. The Labute approximate surface area is 104 Å². The number of nitrogens with zero attached hydrogens (tertiary/aromatic N) is 1. The highest BCUT2D eigenvalue weighted by Gasteiger charge is 2.13. The molecule has 94 valence electrons. The summed E-state index contributed by atoms with van der Waals surface area (Å²) < 4.78 is 10.5. The summed E-state index contributed by atoms with van der Waals surface area (Å²) in [6, 6.07) is 1.32. The molecule has 0 aliphatic carbocycles.